The first kappa shape index (κ1) is 26.6. The van der Waals surface area contributed by atoms with Crippen LogP contribution in [0, 0.1) is 0 Å². The molecule has 0 radical (unpaired) electrons. The minimum atomic E-state index is -4.52. The lowest BCUT2D eigenvalue weighted by Crippen LogP contribution is -2.20. The van der Waals surface area contributed by atoms with E-state index >= 15 is 0 Å². The molecule has 3 N–H and O–H groups in total. The summed E-state index contributed by atoms with van der Waals surface area (Å²) in [5.74, 6) is 0.450. The number of nitrogens with one attached hydrogen (secondary N) is 2. The van der Waals surface area contributed by atoms with Crippen molar-refractivity contribution in [1.82, 2.24) is 24.6 Å². The number of carbonyl (C=O) groups is 1. The van der Waals surface area contributed by atoms with Gasteiger partial charge in [0.15, 0.2) is 5.65 Å². The van der Waals surface area contributed by atoms with Crippen molar-refractivity contribution in [1.29, 1.82) is 0 Å². The number of benzene rings is 2. The van der Waals surface area contributed by atoms with Gasteiger partial charge in [-0.2, -0.15) is 18.3 Å². The Hall–Kier alpha value is -5.04. The third-order valence-electron chi connectivity index (χ3n) is 5.68. The molecular weight excluding hydrogens is 527 g/mol. The van der Waals surface area contributed by atoms with Gasteiger partial charge in [0.05, 0.1) is 41.2 Å². The zero-order valence-electron chi connectivity index (χ0n) is 21.1. The number of imidazole rings is 1. The molecule has 3 heterocycles. The van der Waals surface area contributed by atoms with Gasteiger partial charge in [0.25, 0.3) is 0 Å². The molecule has 204 valence electrons. The molecule has 0 saturated heterocycles. The van der Waals surface area contributed by atoms with E-state index in [2.05, 4.69) is 30.7 Å². The highest BCUT2D eigenvalue weighted by atomic mass is 19.4. The molecule has 40 heavy (non-hydrogen) atoms. The Balaban J connectivity index is 1.22. The lowest BCUT2D eigenvalue weighted by atomic mass is 10.1. The molecule has 2 aromatic carbocycles. The number of hydrogen-bond donors (Lipinski definition) is 3. The maximum atomic E-state index is 12.9. The zero-order valence-corrected chi connectivity index (χ0v) is 21.1. The minimum absolute atomic E-state index is 0.0166. The van der Waals surface area contributed by atoms with Crippen LogP contribution in [0.5, 0.6) is 11.8 Å². The standard InChI is InChI=1S/C27H22F3N7O3/c1-26(2,39)22-10-11-23-31-15-21(37(23)36-22)16-6-8-20(9-7-16)40-25-32-13-19(14-33-25)35-24(38)34-18-5-3-4-17(12-18)27(28,29)30/h3-15,39H,1-2H3,(H2,34,35,38). The zero-order chi connectivity index (χ0) is 28.5. The molecule has 0 bridgehead atoms. The molecule has 5 rings (SSSR count). The first-order valence-electron chi connectivity index (χ1n) is 11.9. The molecular formula is C27H22F3N7O3. The van der Waals surface area contributed by atoms with E-state index in [9.17, 15) is 23.1 Å². The first-order valence-corrected chi connectivity index (χ1v) is 11.9. The number of ether oxygens (including phenoxy) is 1. The van der Waals surface area contributed by atoms with Gasteiger partial charge in [-0.3, -0.25) is 0 Å². The molecule has 5 aromatic rings. The molecule has 0 saturated carbocycles. The van der Waals surface area contributed by atoms with Crippen LogP contribution >= 0.6 is 0 Å². The number of hydrogen-bond acceptors (Lipinski definition) is 7. The topological polar surface area (TPSA) is 127 Å². The fourth-order valence-electron chi connectivity index (χ4n) is 3.70. The first-order chi connectivity index (χ1) is 19.0. The summed E-state index contributed by atoms with van der Waals surface area (Å²) < 4.78 is 45.9. The van der Waals surface area contributed by atoms with E-state index in [1.165, 1.54) is 24.5 Å². The van der Waals surface area contributed by atoms with Crippen molar-refractivity contribution in [3.8, 4) is 23.0 Å². The van der Waals surface area contributed by atoms with Gasteiger partial charge >= 0.3 is 18.2 Å². The number of halogens is 3. The number of aliphatic hydroxyl groups is 1. The van der Waals surface area contributed by atoms with Crippen molar-refractivity contribution >= 4 is 23.1 Å². The Morgan fingerprint density at radius 3 is 2.27 bits per heavy atom. The van der Waals surface area contributed by atoms with Crippen molar-refractivity contribution in [2.45, 2.75) is 25.6 Å². The van der Waals surface area contributed by atoms with Crippen molar-refractivity contribution in [3.63, 3.8) is 0 Å². The average Bonchev–Trinajstić information content (AvgIpc) is 3.33. The van der Waals surface area contributed by atoms with Crippen molar-refractivity contribution < 1.29 is 27.8 Å². The second kappa shape index (κ2) is 10.3. The molecule has 0 aliphatic heterocycles. The Kier molecular flexibility index (Phi) is 6.81. The third-order valence-corrected chi connectivity index (χ3v) is 5.68. The van der Waals surface area contributed by atoms with Crippen LogP contribution < -0.4 is 15.4 Å². The summed E-state index contributed by atoms with van der Waals surface area (Å²) in [4.78, 5) is 24.7. The molecule has 10 nitrogen and oxygen atoms in total. The van der Waals surface area contributed by atoms with E-state index in [0.717, 1.165) is 23.4 Å². The van der Waals surface area contributed by atoms with Crippen LogP contribution in [0.15, 0.2) is 79.3 Å². The maximum absolute atomic E-state index is 12.9. The summed E-state index contributed by atoms with van der Waals surface area (Å²) in [6.45, 7) is 3.31. The lowest BCUT2D eigenvalue weighted by molar-refractivity contribution is -0.137. The molecule has 0 spiro atoms. The van der Waals surface area contributed by atoms with E-state index < -0.39 is 23.4 Å². The number of carbonyl (C=O) groups excluding carboxylic acids is 1. The number of urea groups is 1. The highest BCUT2D eigenvalue weighted by molar-refractivity contribution is 5.99. The van der Waals surface area contributed by atoms with Crippen LogP contribution in [0.1, 0.15) is 25.1 Å². The summed E-state index contributed by atoms with van der Waals surface area (Å²) in [5, 5.41) is 19.6. The fourth-order valence-corrected chi connectivity index (χ4v) is 3.70. The van der Waals surface area contributed by atoms with Gasteiger partial charge in [-0.25, -0.2) is 24.3 Å². The number of aromatic nitrogens is 5. The highest BCUT2D eigenvalue weighted by Gasteiger charge is 2.30. The van der Waals surface area contributed by atoms with Crippen molar-refractivity contribution in [2.24, 2.45) is 0 Å². The minimum Gasteiger partial charge on any atom is -0.424 e. The monoisotopic (exact) mass is 549 g/mol. The summed E-state index contributed by atoms with van der Waals surface area (Å²) in [5.41, 5.74) is 0.877. The predicted molar refractivity (Wildman–Crippen MR) is 140 cm³/mol. The van der Waals surface area contributed by atoms with Gasteiger partial charge in [-0.15, -0.1) is 0 Å². The summed E-state index contributed by atoms with van der Waals surface area (Å²) in [7, 11) is 0. The number of amides is 2. The van der Waals surface area contributed by atoms with Crippen LogP contribution in [0.3, 0.4) is 0 Å². The Morgan fingerprint density at radius 2 is 1.60 bits per heavy atom. The third kappa shape index (κ3) is 5.99. The van der Waals surface area contributed by atoms with Gasteiger partial charge in [0.1, 0.15) is 11.4 Å². The largest absolute Gasteiger partial charge is 0.424 e. The fraction of sp³-hybridized carbons (Fsp3) is 0.148. The number of rotatable bonds is 6. The molecule has 0 unspecified atom stereocenters. The van der Waals surface area contributed by atoms with Gasteiger partial charge in [0, 0.05) is 11.3 Å². The van der Waals surface area contributed by atoms with E-state index in [1.54, 1.807) is 48.8 Å². The van der Waals surface area contributed by atoms with Crippen LogP contribution in [-0.2, 0) is 11.8 Å². The number of anilines is 2. The molecule has 0 atom stereocenters. The average molecular weight is 550 g/mol. The SMILES string of the molecule is CC(C)(O)c1ccc2ncc(-c3ccc(Oc4ncc(NC(=O)Nc5cccc(C(F)(F)F)c5)cn4)cc3)n2n1. The smallest absolute Gasteiger partial charge is 0.416 e. The van der Waals surface area contributed by atoms with E-state index in [4.69, 9.17) is 4.74 Å². The lowest BCUT2D eigenvalue weighted by Gasteiger charge is -2.16. The quantitative estimate of drug-likeness (QED) is 0.242. The van der Waals surface area contributed by atoms with Crippen LogP contribution in [0.25, 0.3) is 16.9 Å². The second-order valence-electron chi connectivity index (χ2n) is 9.23. The van der Waals surface area contributed by atoms with E-state index in [1.807, 2.05) is 12.1 Å². The maximum Gasteiger partial charge on any atom is 0.416 e. The molecule has 2 amide bonds. The molecule has 13 heteroatoms. The molecule has 3 aromatic heterocycles. The highest BCUT2D eigenvalue weighted by Crippen LogP contribution is 2.31. The van der Waals surface area contributed by atoms with E-state index in [0.29, 0.717) is 17.1 Å². The van der Waals surface area contributed by atoms with Gasteiger partial charge in [-0.1, -0.05) is 6.07 Å². The number of nitrogens with zero attached hydrogens (tertiary/aromatic N) is 5. The van der Waals surface area contributed by atoms with Crippen molar-refractivity contribution in [2.75, 3.05) is 10.6 Å². The van der Waals surface area contributed by atoms with Gasteiger partial charge in [0.2, 0.25) is 0 Å². The molecule has 0 aliphatic rings. The van der Waals surface area contributed by atoms with Crippen LogP contribution in [0.4, 0.5) is 29.3 Å². The van der Waals surface area contributed by atoms with Gasteiger partial charge in [-0.05, 0) is 68.4 Å². The number of fused-ring (bicyclic) bond motifs is 1. The summed E-state index contributed by atoms with van der Waals surface area (Å²) >= 11 is 0. The number of alkyl halides is 3. The Bertz CT molecular complexity index is 1660. The van der Waals surface area contributed by atoms with E-state index in [-0.39, 0.29) is 17.4 Å². The van der Waals surface area contributed by atoms with Gasteiger partial charge < -0.3 is 20.5 Å². The normalized spacial score (nSPS) is 11.8. The predicted octanol–water partition coefficient (Wildman–Crippen LogP) is 5.87. The Morgan fingerprint density at radius 1 is 0.900 bits per heavy atom. The summed E-state index contributed by atoms with van der Waals surface area (Å²) in [6, 6.07) is 14.1. The van der Waals surface area contributed by atoms with Crippen molar-refractivity contribution in [3.05, 3.63) is 90.5 Å². The van der Waals surface area contributed by atoms with Crippen LogP contribution in [-0.4, -0.2) is 35.7 Å². The summed E-state index contributed by atoms with van der Waals surface area (Å²) in [6.07, 6.45) is -0.241. The van der Waals surface area contributed by atoms with Crippen LogP contribution in [0.2, 0.25) is 0 Å². The Labute approximate surface area is 225 Å². The molecule has 0 fully saturated rings. The second-order valence-corrected chi connectivity index (χ2v) is 9.23. The molecule has 0 aliphatic carbocycles.